The Bertz CT molecular complexity index is 738. The zero-order valence-electron chi connectivity index (χ0n) is 20.5. The van der Waals surface area contributed by atoms with Crippen molar-refractivity contribution >= 4 is 30.3 Å². The summed E-state index contributed by atoms with van der Waals surface area (Å²) in [6, 6.07) is 8.49. The summed E-state index contributed by atoms with van der Waals surface area (Å²) in [6.45, 7) is 3.78. The number of halogens is 1. The van der Waals surface area contributed by atoms with E-state index in [2.05, 4.69) is 5.32 Å². The number of esters is 1. The summed E-state index contributed by atoms with van der Waals surface area (Å²) in [5.74, 6) is -1.65. The van der Waals surface area contributed by atoms with Crippen molar-refractivity contribution in [3.05, 3.63) is 35.9 Å². The second-order valence-corrected chi connectivity index (χ2v) is 8.99. The van der Waals surface area contributed by atoms with Gasteiger partial charge in [-0.05, 0) is 44.6 Å². The number of rotatable bonds is 13. The lowest BCUT2D eigenvalue weighted by Crippen LogP contribution is -2.54. The number of aryl methyl sites for hydroxylation is 1. The molecule has 1 unspecified atom stereocenters. The summed E-state index contributed by atoms with van der Waals surface area (Å²) in [6.07, 6.45) is 8.76. The third kappa shape index (κ3) is 10.4. The molecule has 1 aliphatic rings. The highest BCUT2D eigenvalue weighted by Crippen LogP contribution is 2.22. The summed E-state index contributed by atoms with van der Waals surface area (Å²) in [4.78, 5) is 39.1. The molecule has 0 aromatic heterocycles. The summed E-state index contributed by atoms with van der Waals surface area (Å²) in [7, 11) is 0. The fourth-order valence-corrected chi connectivity index (χ4v) is 4.37. The molecule has 34 heavy (non-hydrogen) atoms. The molecule has 0 radical (unpaired) electrons. The van der Waals surface area contributed by atoms with Gasteiger partial charge >= 0.3 is 11.9 Å². The van der Waals surface area contributed by atoms with E-state index in [0.717, 1.165) is 56.9 Å². The molecule has 0 saturated heterocycles. The van der Waals surface area contributed by atoms with Gasteiger partial charge in [0.05, 0.1) is 12.6 Å². The Morgan fingerprint density at radius 1 is 1.12 bits per heavy atom. The molecule has 1 fully saturated rings. The maximum absolute atomic E-state index is 13.3. The van der Waals surface area contributed by atoms with Crippen LogP contribution in [0.25, 0.3) is 0 Å². The van der Waals surface area contributed by atoms with Gasteiger partial charge < -0.3 is 14.7 Å². The minimum Gasteiger partial charge on any atom is -0.480 e. The molecule has 7 nitrogen and oxygen atoms in total. The Hall–Kier alpha value is -2.12. The van der Waals surface area contributed by atoms with E-state index in [1.54, 1.807) is 6.92 Å². The minimum absolute atomic E-state index is 0. The van der Waals surface area contributed by atoms with Crippen molar-refractivity contribution in [2.45, 2.75) is 96.2 Å². The van der Waals surface area contributed by atoms with Gasteiger partial charge in [-0.15, -0.1) is 12.4 Å². The molecule has 0 aliphatic heterocycles. The van der Waals surface area contributed by atoms with Gasteiger partial charge in [-0.3, -0.25) is 19.7 Å². The zero-order valence-corrected chi connectivity index (χ0v) is 21.4. The van der Waals surface area contributed by atoms with Gasteiger partial charge in [0.15, 0.2) is 0 Å². The maximum atomic E-state index is 13.3. The Morgan fingerprint density at radius 3 is 2.35 bits per heavy atom. The fourth-order valence-electron chi connectivity index (χ4n) is 4.37. The lowest BCUT2D eigenvalue weighted by Gasteiger charge is -2.33. The third-order valence-corrected chi connectivity index (χ3v) is 6.27. The molecule has 1 aromatic carbocycles. The predicted molar refractivity (Wildman–Crippen MR) is 135 cm³/mol. The van der Waals surface area contributed by atoms with E-state index < -0.39 is 18.1 Å². The van der Waals surface area contributed by atoms with E-state index >= 15 is 0 Å². The van der Waals surface area contributed by atoms with Gasteiger partial charge in [0, 0.05) is 6.04 Å². The highest BCUT2D eigenvalue weighted by molar-refractivity contribution is 5.86. The van der Waals surface area contributed by atoms with Crippen molar-refractivity contribution in [3.63, 3.8) is 0 Å². The van der Waals surface area contributed by atoms with Crippen LogP contribution in [-0.2, 0) is 25.5 Å². The van der Waals surface area contributed by atoms with Gasteiger partial charge in [0.2, 0.25) is 5.91 Å². The number of nitrogens with one attached hydrogen (secondary N) is 1. The maximum Gasteiger partial charge on any atom is 0.323 e. The molecular weight excluding hydrogens is 456 g/mol. The van der Waals surface area contributed by atoms with Crippen LogP contribution in [-0.4, -0.2) is 59.1 Å². The van der Waals surface area contributed by atoms with Crippen LogP contribution >= 0.6 is 12.4 Å². The average molecular weight is 497 g/mol. The van der Waals surface area contributed by atoms with Gasteiger partial charge in [0.25, 0.3) is 0 Å². The molecule has 0 bridgehead atoms. The van der Waals surface area contributed by atoms with Crippen LogP contribution in [0.5, 0.6) is 0 Å². The van der Waals surface area contributed by atoms with Crippen molar-refractivity contribution < 1.29 is 24.2 Å². The van der Waals surface area contributed by atoms with E-state index in [4.69, 9.17) is 4.74 Å². The number of benzene rings is 1. The smallest absolute Gasteiger partial charge is 0.323 e. The zero-order chi connectivity index (χ0) is 24.1. The molecule has 2 rings (SSSR count). The number of carbonyl (C=O) groups is 3. The van der Waals surface area contributed by atoms with E-state index in [1.807, 2.05) is 37.3 Å². The first-order valence-corrected chi connectivity index (χ1v) is 12.4. The summed E-state index contributed by atoms with van der Waals surface area (Å²) < 4.78 is 5.45. The quantitative estimate of drug-likeness (QED) is 0.239. The number of ether oxygens (including phenoxy) is 1. The van der Waals surface area contributed by atoms with Crippen LogP contribution in [0, 0.1) is 0 Å². The highest BCUT2D eigenvalue weighted by Gasteiger charge is 2.32. The van der Waals surface area contributed by atoms with Crippen LogP contribution in [0.2, 0.25) is 0 Å². The first-order valence-electron chi connectivity index (χ1n) is 12.4. The SMILES string of the molecule is CCCCOC(=O)C(CCc1ccccc1)N[C@@H](C)C(=O)N(CC(=O)O)C1CCCCCC1.Cl. The Kier molecular flexibility index (Phi) is 14.5. The van der Waals surface area contributed by atoms with Crippen molar-refractivity contribution in [2.75, 3.05) is 13.2 Å². The molecule has 0 heterocycles. The second kappa shape index (κ2) is 16.5. The molecule has 2 atom stereocenters. The van der Waals surface area contributed by atoms with E-state index in [0.29, 0.717) is 19.4 Å². The van der Waals surface area contributed by atoms with Gasteiger partial charge in [-0.1, -0.05) is 69.4 Å². The fraction of sp³-hybridized carbons (Fsp3) is 0.654. The van der Waals surface area contributed by atoms with Gasteiger partial charge in [-0.25, -0.2) is 0 Å². The second-order valence-electron chi connectivity index (χ2n) is 8.99. The van der Waals surface area contributed by atoms with Crippen LogP contribution < -0.4 is 5.32 Å². The van der Waals surface area contributed by atoms with E-state index in [-0.39, 0.29) is 36.9 Å². The molecule has 192 valence electrons. The number of hydrogen-bond acceptors (Lipinski definition) is 5. The summed E-state index contributed by atoms with van der Waals surface area (Å²) in [5.41, 5.74) is 1.11. The monoisotopic (exact) mass is 496 g/mol. The first-order chi connectivity index (χ1) is 15.9. The van der Waals surface area contributed by atoms with Crippen molar-refractivity contribution in [3.8, 4) is 0 Å². The lowest BCUT2D eigenvalue weighted by atomic mass is 10.0. The number of carboxylic acids is 1. The Labute approximate surface area is 210 Å². The number of carboxylic acid groups (broad SMARTS) is 1. The molecule has 1 saturated carbocycles. The molecular formula is C26H41ClN2O5. The number of carbonyl (C=O) groups excluding carboxylic acids is 2. The highest BCUT2D eigenvalue weighted by atomic mass is 35.5. The average Bonchev–Trinajstić information content (AvgIpc) is 3.09. The number of amides is 1. The minimum atomic E-state index is -1.01. The molecule has 1 amide bonds. The molecule has 1 aromatic rings. The number of nitrogens with zero attached hydrogens (tertiary/aromatic N) is 1. The van der Waals surface area contributed by atoms with Crippen LogP contribution in [0.15, 0.2) is 30.3 Å². The number of hydrogen-bond donors (Lipinski definition) is 2. The van der Waals surface area contributed by atoms with E-state index in [1.165, 1.54) is 4.90 Å². The first kappa shape index (κ1) is 29.9. The van der Waals surface area contributed by atoms with Gasteiger partial charge in [-0.2, -0.15) is 0 Å². The Balaban J connectivity index is 0.00000578. The molecule has 8 heteroatoms. The summed E-state index contributed by atoms with van der Waals surface area (Å²) in [5, 5.41) is 12.6. The summed E-state index contributed by atoms with van der Waals surface area (Å²) >= 11 is 0. The van der Waals surface area contributed by atoms with Gasteiger partial charge in [0.1, 0.15) is 12.6 Å². The van der Waals surface area contributed by atoms with Crippen LogP contribution in [0.3, 0.4) is 0 Å². The largest absolute Gasteiger partial charge is 0.480 e. The molecule has 2 N–H and O–H groups in total. The predicted octanol–water partition coefficient (Wildman–Crippen LogP) is 4.37. The van der Waals surface area contributed by atoms with Crippen LogP contribution in [0.1, 0.15) is 77.2 Å². The standard InChI is InChI=1S/C26H40N2O5.ClH/c1-3-4-18-33-26(32)23(17-16-21-12-8-7-9-13-21)27-20(2)25(31)28(19-24(29)30)22-14-10-5-6-11-15-22;/h7-9,12-13,20,22-23,27H,3-6,10-11,14-19H2,1-2H3,(H,29,30);1H/t20-,23?;/m0./s1. The lowest BCUT2D eigenvalue weighted by molar-refractivity contribution is -0.149. The Morgan fingerprint density at radius 2 is 1.76 bits per heavy atom. The topological polar surface area (TPSA) is 95.9 Å². The van der Waals surface area contributed by atoms with Crippen molar-refractivity contribution in [1.29, 1.82) is 0 Å². The molecule has 0 spiro atoms. The molecule has 1 aliphatic carbocycles. The van der Waals surface area contributed by atoms with Crippen LogP contribution in [0.4, 0.5) is 0 Å². The van der Waals surface area contributed by atoms with Crippen molar-refractivity contribution in [2.24, 2.45) is 0 Å². The third-order valence-electron chi connectivity index (χ3n) is 6.27. The van der Waals surface area contributed by atoms with E-state index in [9.17, 15) is 19.5 Å². The normalized spacial score (nSPS) is 15.9. The van der Waals surface area contributed by atoms with Crippen molar-refractivity contribution in [1.82, 2.24) is 10.2 Å². The number of aliphatic carboxylic acids is 1. The number of unbranched alkanes of at least 4 members (excludes halogenated alkanes) is 1.